The first-order chi connectivity index (χ1) is 27.6. The molecule has 0 saturated carbocycles. The van der Waals surface area contributed by atoms with Crippen LogP contribution in [0.5, 0.6) is 0 Å². The fourth-order valence-corrected chi connectivity index (χ4v) is 7.48. The molecule has 2 aromatic heterocycles. The largest absolute Gasteiger partial charge is 0.456 e. The Labute approximate surface area is 325 Å². The highest BCUT2D eigenvalue weighted by molar-refractivity contribution is 6.14. The van der Waals surface area contributed by atoms with E-state index in [0.29, 0.717) is 17.5 Å². The van der Waals surface area contributed by atoms with Gasteiger partial charge in [0.1, 0.15) is 11.2 Å². The highest BCUT2D eigenvalue weighted by atomic mass is 16.3. The minimum atomic E-state index is 0.582. The number of fused-ring (bicyclic) bond motifs is 3. The van der Waals surface area contributed by atoms with Crippen LogP contribution in [0.15, 0.2) is 199 Å². The molecule has 4 heteroatoms. The zero-order valence-corrected chi connectivity index (χ0v) is 30.7. The number of aryl methyl sites for hydroxylation is 1. The Bertz CT molecular complexity index is 2990. The number of benzene rings is 8. The van der Waals surface area contributed by atoms with Gasteiger partial charge in [0.05, 0.1) is 0 Å². The van der Waals surface area contributed by atoms with Crippen molar-refractivity contribution in [2.45, 2.75) is 6.92 Å². The van der Waals surface area contributed by atoms with Crippen LogP contribution < -0.4 is 0 Å². The van der Waals surface area contributed by atoms with Crippen molar-refractivity contribution in [3.8, 4) is 78.7 Å². The zero-order chi connectivity index (χ0) is 37.4. The molecule has 56 heavy (non-hydrogen) atoms. The number of nitrogens with zero attached hydrogens (tertiary/aromatic N) is 3. The lowest BCUT2D eigenvalue weighted by Gasteiger charge is -2.10. The van der Waals surface area contributed by atoms with Crippen molar-refractivity contribution in [3.63, 3.8) is 0 Å². The van der Waals surface area contributed by atoms with Crippen molar-refractivity contribution in [1.82, 2.24) is 15.0 Å². The lowest BCUT2D eigenvalue weighted by molar-refractivity contribution is 0.669. The van der Waals surface area contributed by atoms with Gasteiger partial charge in [-0.15, -0.1) is 0 Å². The van der Waals surface area contributed by atoms with E-state index in [-0.39, 0.29) is 0 Å². The number of aromatic nitrogens is 3. The first-order valence-corrected chi connectivity index (χ1v) is 18.8. The highest BCUT2D eigenvalue weighted by Crippen LogP contribution is 2.41. The molecule has 10 rings (SSSR count). The molecule has 0 radical (unpaired) electrons. The molecule has 0 amide bonds. The van der Waals surface area contributed by atoms with Crippen LogP contribution >= 0.6 is 0 Å². The Hall–Kier alpha value is -7.43. The molecule has 0 aliphatic rings. The summed E-state index contributed by atoms with van der Waals surface area (Å²) in [5.74, 6) is 1.81. The molecule has 0 N–H and O–H groups in total. The van der Waals surface area contributed by atoms with Crippen LogP contribution in [0, 0.1) is 6.92 Å². The average Bonchev–Trinajstić information content (AvgIpc) is 3.65. The van der Waals surface area contributed by atoms with E-state index < -0.39 is 0 Å². The number of hydrogen-bond acceptors (Lipinski definition) is 4. The molecule has 0 aliphatic carbocycles. The van der Waals surface area contributed by atoms with Crippen molar-refractivity contribution in [1.29, 1.82) is 0 Å². The summed E-state index contributed by atoms with van der Waals surface area (Å²) in [5, 5.41) is 2.11. The molecule has 2 heterocycles. The van der Waals surface area contributed by atoms with Gasteiger partial charge in [0.15, 0.2) is 17.5 Å². The van der Waals surface area contributed by atoms with Gasteiger partial charge in [-0.3, -0.25) is 0 Å². The van der Waals surface area contributed by atoms with E-state index in [9.17, 15) is 0 Å². The molecule has 10 aromatic rings. The molecule has 8 aromatic carbocycles. The Balaban J connectivity index is 1.12. The van der Waals surface area contributed by atoms with Crippen LogP contribution in [-0.4, -0.2) is 15.0 Å². The van der Waals surface area contributed by atoms with E-state index >= 15 is 0 Å². The minimum absolute atomic E-state index is 0.582. The minimum Gasteiger partial charge on any atom is -0.456 e. The van der Waals surface area contributed by atoms with Gasteiger partial charge in [0.2, 0.25) is 0 Å². The van der Waals surface area contributed by atoms with Gasteiger partial charge in [-0.25, -0.2) is 15.0 Å². The van der Waals surface area contributed by atoms with Crippen molar-refractivity contribution >= 4 is 21.9 Å². The lowest BCUT2D eigenvalue weighted by atomic mass is 9.93. The summed E-state index contributed by atoms with van der Waals surface area (Å²) in [5.41, 5.74) is 14.6. The van der Waals surface area contributed by atoms with Crippen LogP contribution in [-0.2, 0) is 0 Å². The summed E-state index contributed by atoms with van der Waals surface area (Å²) in [6, 6.07) is 67.6. The van der Waals surface area contributed by atoms with E-state index in [1.165, 1.54) is 16.7 Å². The molecule has 0 fully saturated rings. The first kappa shape index (κ1) is 33.2. The lowest BCUT2D eigenvalue weighted by Crippen LogP contribution is -2.00. The number of hydrogen-bond donors (Lipinski definition) is 0. The third-order valence-electron chi connectivity index (χ3n) is 10.4. The van der Waals surface area contributed by atoms with Crippen molar-refractivity contribution in [2.75, 3.05) is 0 Å². The molecule has 264 valence electrons. The van der Waals surface area contributed by atoms with E-state index in [0.717, 1.165) is 72.0 Å². The summed E-state index contributed by atoms with van der Waals surface area (Å²) < 4.78 is 6.76. The van der Waals surface area contributed by atoms with Crippen molar-refractivity contribution in [2.24, 2.45) is 0 Å². The Morgan fingerprint density at radius 3 is 1.43 bits per heavy atom. The van der Waals surface area contributed by atoms with E-state index in [1.807, 2.05) is 42.5 Å². The predicted octanol–water partition coefficient (Wildman–Crippen LogP) is 13.7. The molecule has 0 aliphatic heterocycles. The van der Waals surface area contributed by atoms with Crippen molar-refractivity contribution < 1.29 is 4.42 Å². The molecule has 0 spiro atoms. The second kappa shape index (κ2) is 14.1. The molecular formula is C52H35N3O. The van der Waals surface area contributed by atoms with Gasteiger partial charge in [-0.05, 0) is 81.8 Å². The average molecular weight is 718 g/mol. The second-order valence-corrected chi connectivity index (χ2v) is 14.1. The van der Waals surface area contributed by atoms with Crippen molar-refractivity contribution in [3.05, 3.63) is 200 Å². The predicted molar refractivity (Wildman–Crippen MR) is 230 cm³/mol. The third-order valence-corrected chi connectivity index (χ3v) is 10.4. The molecule has 0 unspecified atom stereocenters. The van der Waals surface area contributed by atoms with Gasteiger partial charge >= 0.3 is 0 Å². The normalized spacial score (nSPS) is 11.3. The number of furan rings is 1. The molecular weight excluding hydrogens is 683 g/mol. The molecule has 4 nitrogen and oxygen atoms in total. The Morgan fingerprint density at radius 2 is 0.768 bits per heavy atom. The Morgan fingerprint density at radius 1 is 0.321 bits per heavy atom. The molecule has 0 atom stereocenters. The maximum absolute atomic E-state index is 6.76. The van der Waals surface area contributed by atoms with Crippen LogP contribution in [0.2, 0.25) is 0 Å². The SMILES string of the molecule is Cc1ccc(-c2cccc(-c3nc(-c4ccccc4)nc(-c4ccc5c(c4)oc4cc(-c6ccccc6)cc(-c6ccc(-c7ccccc7)cc6)c45)n3)c2)cc1. The summed E-state index contributed by atoms with van der Waals surface area (Å²) in [6.07, 6.45) is 0. The van der Waals surface area contributed by atoms with Crippen LogP contribution in [0.4, 0.5) is 0 Å². The van der Waals surface area contributed by atoms with Crippen LogP contribution in [0.1, 0.15) is 5.56 Å². The van der Waals surface area contributed by atoms with E-state index in [4.69, 9.17) is 19.4 Å². The quantitative estimate of drug-likeness (QED) is 0.165. The standard InChI is InChI=1S/C52H35N3O/c1-34-20-22-38(23-21-34)41-18-11-19-42(30-41)51-53-50(40-16-9-4-10-17-40)54-52(55-51)43-28-29-45-47(32-43)56-48-33-44(36-14-7-3-8-15-36)31-46(49(45)48)39-26-24-37(25-27-39)35-12-5-2-6-13-35/h2-33H,1H3. The second-order valence-electron chi connectivity index (χ2n) is 14.1. The topological polar surface area (TPSA) is 51.8 Å². The zero-order valence-electron chi connectivity index (χ0n) is 30.7. The molecule has 0 bridgehead atoms. The third kappa shape index (κ3) is 6.33. The van der Waals surface area contributed by atoms with Gasteiger partial charge in [-0.1, -0.05) is 169 Å². The van der Waals surface area contributed by atoms with Gasteiger partial charge in [-0.2, -0.15) is 0 Å². The van der Waals surface area contributed by atoms with Crippen LogP contribution in [0.3, 0.4) is 0 Å². The fourth-order valence-electron chi connectivity index (χ4n) is 7.48. The fraction of sp³-hybridized carbons (Fsp3) is 0.0192. The first-order valence-electron chi connectivity index (χ1n) is 18.8. The highest BCUT2D eigenvalue weighted by Gasteiger charge is 2.18. The van der Waals surface area contributed by atoms with Gasteiger partial charge < -0.3 is 4.42 Å². The van der Waals surface area contributed by atoms with Crippen LogP contribution in [0.25, 0.3) is 101 Å². The van der Waals surface area contributed by atoms with E-state index in [1.54, 1.807) is 0 Å². The maximum Gasteiger partial charge on any atom is 0.164 e. The van der Waals surface area contributed by atoms with Gasteiger partial charge in [0.25, 0.3) is 0 Å². The Kier molecular flexibility index (Phi) is 8.34. The molecule has 0 saturated heterocycles. The van der Waals surface area contributed by atoms with Gasteiger partial charge in [0, 0.05) is 27.5 Å². The summed E-state index contributed by atoms with van der Waals surface area (Å²) in [4.78, 5) is 15.1. The summed E-state index contributed by atoms with van der Waals surface area (Å²) in [6.45, 7) is 2.10. The number of rotatable bonds is 7. The monoisotopic (exact) mass is 717 g/mol. The summed E-state index contributed by atoms with van der Waals surface area (Å²) in [7, 11) is 0. The smallest absolute Gasteiger partial charge is 0.164 e. The summed E-state index contributed by atoms with van der Waals surface area (Å²) >= 11 is 0. The maximum atomic E-state index is 6.76. The van der Waals surface area contributed by atoms with E-state index in [2.05, 4.69) is 159 Å².